The molecule has 0 amide bonds. The molecule has 0 atom stereocenters. The highest BCUT2D eigenvalue weighted by Crippen LogP contribution is 2.04. The Balaban J connectivity index is 3.68. The quantitative estimate of drug-likeness (QED) is 0.462. The van der Waals surface area contributed by atoms with Crippen LogP contribution in [0.5, 0.6) is 0 Å². The van der Waals surface area contributed by atoms with Crippen LogP contribution in [0.4, 0.5) is 0 Å². The maximum atomic E-state index is 11.7. The minimum Gasteiger partial charge on any atom is -0.465 e. The molecule has 0 aromatic carbocycles. The summed E-state index contributed by atoms with van der Waals surface area (Å²) in [4.78, 5) is 23.1. The topological polar surface area (TPSA) is 48.3 Å². The number of esters is 1. The molecular formula is C10H12BNO3. The summed E-state index contributed by atoms with van der Waals surface area (Å²) in [7, 11) is 8.58. The molecule has 0 fully saturated rings. The molecule has 0 spiro atoms. The van der Waals surface area contributed by atoms with Gasteiger partial charge in [0.05, 0.1) is 7.11 Å². The van der Waals surface area contributed by atoms with Crippen LogP contribution in [0.3, 0.4) is 0 Å². The minimum absolute atomic E-state index is 0.00287. The molecule has 78 valence electrons. The van der Waals surface area contributed by atoms with Gasteiger partial charge in [0.2, 0.25) is 0 Å². The summed E-state index contributed by atoms with van der Waals surface area (Å²) in [5, 5.41) is 0. The summed E-state index contributed by atoms with van der Waals surface area (Å²) in [5.41, 5.74) is 0.824. The summed E-state index contributed by atoms with van der Waals surface area (Å²) in [6.07, 6.45) is 0. The fourth-order valence-corrected chi connectivity index (χ4v) is 1.41. The second kappa shape index (κ2) is 3.92. The van der Waals surface area contributed by atoms with Gasteiger partial charge in [0.1, 0.15) is 13.4 Å². The maximum Gasteiger partial charge on any atom is 0.343 e. The summed E-state index contributed by atoms with van der Waals surface area (Å²) in [6.45, 7) is 3.41. The van der Waals surface area contributed by atoms with Gasteiger partial charge in [0.25, 0.3) is 0 Å². The van der Waals surface area contributed by atoms with E-state index in [-0.39, 0.29) is 11.0 Å². The van der Waals surface area contributed by atoms with Gasteiger partial charge in [-0.15, -0.1) is 0 Å². The van der Waals surface area contributed by atoms with Crippen LogP contribution in [0.2, 0.25) is 0 Å². The van der Waals surface area contributed by atoms with Crippen molar-refractivity contribution in [2.45, 2.75) is 13.8 Å². The van der Waals surface area contributed by atoms with Crippen LogP contribution in [0.25, 0.3) is 0 Å². The molecule has 1 rings (SSSR count). The Hall–Kier alpha value is -1.52. The second-order valence-corrected chi connectivity index (χ2v) is 3.34. The number of pyridine rings is 1. The number of rotatable bonds is 1. The lowest BCUT2D eigenvalue weighted by molar-refractivity contribution is 0.0597. The van der Waals surface area contributed by atoms with E-state index in [1.54, 1.807) is 25.5 Å². The molecule has 1 aromatic rings. The van der Waals surface area contributed by atoms with Gasteiger partial charge in [-0.1, -0.05) is 0 Å². The molecule has 0 aliphatic carbocycles. The van der Waals surface area contributed by atoms with Gasteiger partial charge in [0, 0.05) is 18.4 Å². The number of hydrogen-bond donors (Lipinski definition) is 0. The smallest absolute Gasteiger partial charge is 0.343 e. The lowest BCUT2D eigenvalue weighted by atomic mass is 9.91. The Labute approximate surface area is 89.3 Å². The zero-order valence-electron chi connectivity index (χ0n) is 9.25. The van der Waals surface area contributed by atoms with Crippen molar-refractivity contribution in [1.29, 1.82) is 0 Å². The zero-order valence-corrected chi connectivity index (χ0v) is 9.25. The van der Waals surface area contributed by atoms with E-state index in [9.17, 15) is 9.59 Å². The van der Waals surface area contributed by atoms with Crippen molar-refractivity contribution in [3.8, 4) is 0 Å². The average Bonchev–Trinajstić information content (AvgIpc) is 2.23. The zero-order chi connectivity index (χ0) is 11.7. The van der Waals surface area contributed by atoms with E-state index < -0.39 is 11.4 Å². The third-order valence-electron chi connectivity index (χ3n) is 2.62. The van der Waals surface area contributed by atoms with Gasteiger partial charge in [-0.2, -0.15) is 0 Å². The van der Waals surface area contributed by atoms with E-state index in [0.717, 1.165) is 0 Å². The van der Waals surface area contributed by atoms with Crippen LogP contribution in [-0.2, 0) is 11.8 Å². The molecule has 4 nitrogen and oxygen atoms in total. The Morgan fingerprint density at radius 3 is 2.33 bits per heavy atom. The highest BCUT2D eigenvalue weighted by molar-refractivity contribution is 6.33. The van der Waals surface area contributed by atoms with Gasteiger partial charge in [-0.3, -0.25) is 4.79 Å². The largest absolute Gasteiger partial charge is 0.465 e. The van der Waals surface area contributed by atoms with Crippen LogP contribution >= 0.6 is 0 Å². The van der Waals surface area contributed by atoms with E-state index in [1.165, 1.54) is 7.11 Å². The first-order valence-corrected chi connectivity index (χ1v) is 4.45. The van der Waals surface area contributed by atoms with Crippen LogP contribution in [0.15, 0.2) is 4.79 Å². The van der Waals surface area contributed by atoms with Crippen molar-refractivity contribution in [2.75, 3.05) is 7.11 Å². The van der Waals surface area contributed by atoms with Crippen molar-refractivity contribution in [3.63, 3.8) is 0 Å². The van der Waals surface area contributed by atoms with Crippen molar-refractivity contribution in [3.05, 3.63) is 27.2 Å². The average molecular weight is 205 g/mol. The Morgan fingerprint density at radius 2 is 1.87 bits per heavy atom. The number of carbonyl (C=O) groups is 1. The van der Waals surface area contributed by atoms with Gasteiger partial charge >= 0.3 is 5.97 Å². The van der Waals surface area contributed by atoms with E-state index in [0.29, 0.717) is 11.4 Å². The number of methoxy groups -OCH3 is 1. The van der Waals surface area contributed by atoms with E-state index in [1.807, 2.05) is 0 Å². The molecule has 0 unspecified atom stereocenters. The summed E-state index contributed by atoms with van der Waals surface area (Å²) >= 11 is 0. The Bertz CT molecular complexity index is 477. The summed E-state index contributed by atoms with van der Waals surface area (Å²) < 4.78 is 6.24. The predicted molar refractivity (Wildman–Crippen MR) is 57.9 cm³/mol. The first kappa shape index (κ1) is 11.6. The molecule has 0 aliphatic heterocycles. The molecule has 0 aliphatic rings. The van der Waals surface area contributed by atoms with E-state index >= 15 is 0 Å². The monoisotopic (exact) mass is 205 g/mol. The minimum atomic E-state index is -0.653. The maximum absolute atomic E-state index is 11.7. The van der Waals surface area contributed by atoms with Gasteiger partial charge in [-0.05, 0) is 19.3 Å². The molecule has 1 aromatic heterocycles. The molecule has 0 N–H and O–H groups in total. The van der Waals surface area contributed by atoms with Gasteiger partial charge in [0.15, 0.2) is 5.43 Å². The number of aromatic nitrogens is 1. The van der Waals surface area contributed by atoms with E-state index in [2.05, 4.69) is 4.74 Å². The van der Waals surface area contributed by atoms with Crippen LogP contribution in [0.1, 0.15) is 21.7 Å². The molecule has 0 saturated heterocycles. The molecule has 5 heteroatoms. The first-order valence-electron chi connectivity index (χ1n) is 4.45. The summed E-state index contributed by atoms with van der Waals surface area (Å²) in [6, 6.07) is 0. The number of nitrogens with zero attached hydrogens (tertiary/aromatic N) is 1. The molecule has 0 saturated carbocycles. The predicted octanol–water partition coefficient (Wildman–Crippen LogP) is -0.417. The Kier molecular flexibility index (Phi) is 3.02. The highest BCUT2D eigenvalue weighted by atomic mass is 16.5. The number of ether oxygens (including phenoxy) is 1. The van der Waals surface area contributed by atoms with Gasteiger partial charge in [-0.25, -0.2) is 4.79 Å². The van der Waals surface area contributed by atoms with Crippen LogP contribution in [0, 0.1) is 13.8 Å². The highest BCUT2D eigenvalue weighted by Gasteiger charge is 2.18. The first-order chi connectivity index (χ1) is 6.91. The normalized spacial score (nSPS) is 10.1. The van der Waals surface area contributed by atoms with E-state index in [4.69, 9.17) is 7.85 Å². The van der Waals surface area contributed by atoms with Crippen molar-refractivity contribution in [1.82, 2.24) is 4.57 Å². The van der Waals surface area contributed by atoms with Crippen LogP contribution < -0.4 is 10.9 Å². The van der Waals surface area contributed by atoms with Crippen molar-refractivity contribution < 1.29 is 9.53 Å². The lowest BCUT2D eigenvalue weighted by Crippen LogP contribution is -2.37. The number of hydrogen-bond acceptors (Lipinski definition) is 3. The molecule has 2 radical (unpaired) electrons. The fraction of sp³-hybridized carbons (Fsp3) is 0.400. The molecular weight excluding hydrogens is 193 g/mol. The molecule has 0 bridgehead atoms. The van der Waals surface area contributed by atoms with Crippen LogP contribution in [-0.4, -0.2) is 25.5 Å². The molecule has 1 heterocycles. The van der Waals surface area contributed by atoms with Crippen molar-refractivity contribution in [2.24, 2.45) is 7.05 Å². The van der Waals surface area contributed by atoms with Gasteiger partial charge < -0.3 is 9.30 Å². The summed E-state index contributed by atoms with van der Waals surface area (Å²) in [5.74, 6) is -0.653. The lowest BCUT2D eigenvalue weighted by Gasteiger charge is -2.14. The molecule has 15 heavy (non-hydrogen) atoms. The Morgan fingerprint density at radius 1 is 1.33 bits per heavy atom. The fourth-order valence-electron chi connectivity index (χ4n) is 1.41. The number of carbonyl (C=O) groups excluding carboxylic acids is 1. The van der Waals surface area contributed by atoms with Crippen molar-refractivity contribution >= 4 is 19.3 Å². The third kappa shape index (κ3) is 1.69. The standard InChI is InChI=1S/C10H12BNO3/c1-5-7(10(14)15-4)9(13)8(11)6(2)12(5)3/h1-4H3. The SMILES string of the molecule is [B]c1c(C)n(C)c(C)c(C(=O)OC)c1=O. The second-order valence-electron chi connectivity index (χ2n) is 3.34. The third-order valence-corrected chi connectivity index (χ3v) is 2.62.